The third-order valence-electron chi connectivity index (χ3n) is 6.28. The Morgan fingerprint density at radius 1 is 1.08 bits per heavy atom. The molecule has 4 rings (SSSR count). The Morgan fingerprint density at radius 2 is 1.84 bits per heavy atom. The lowest BCUT2D eigenvalue weighted by molar-refractivity contribution is 0.160. The van der Waals surface area contributed by atoms with Gasteiger partial charge in [0, 0.05) is 5.02 Å². The summed E-state index contributed by atoms with van der Waals surface area (Å²) >= 11 is 12.5. The third-order valence-corrected chi connectivity index (χ3v) is 8.49. The molecule has 0 radical (unpaired) electrons. The molecular weight excluding hydrogens is 535 g/mol. The Morgan fingerprint density at radius 3 is 2.59 bits per heavy atom. The van der Waals surface area contributed by atoms with Gasteiger partial charge in [-0.25, -0.2) is 18.4 Å². The lowest BCUT2D eigenvalue weighted by Gasteiger charge is -2.28. The molecule has 1 saturated heterocycles. The van der Waals surface area contributed by atoms with Crippen LogP contribution in [0, 0.1) is 19.8 Å². The minimum absolute atomic E-state index is 0.0160. The summed E-state index contributed by atoms with van der Waals surface area (Å²) in [6.45, 7) is 6.24. The SMILES string of the molecule is Cc1cnc(NS(=O)(=O)c2cccc(Cl)c2C)c(OCc2ccc(Cl)c(OCC3CCN(C)CC3)c2)n1. The topological polar surface area (TPSA) is 93.7 Å². The van der Waals surface area contributed by atoms with Crippen LogP contribution in [0.25, 0.3) is 0 Å². The highest BCUT2D eigenvalue weighted by Gasteiger charge is 2.22. The van der Waals surface area contributed by atoms with Gasteiger partial charge in [-0.2, -0.15) is 0 Å². The predicted octanol–water partition coefficient (Wildman–Crippen LogP) is 5.50. The van der Waals surface area contributed by atoms with Crippen LogP contribution in [0.2, 0.25) is 10.0 Å². The number of hydrogen-bond acceptors (Lipinski definition) is 7. The summed E-state index contributed by atoms with van der Waals surface area (Å²) in [7, 11) is -1.85. The van der Waals surface area contributed by atoms with Crippen molar-refractivity contribution in [2.75, 3.05) is 31.5 Å². The molecule has 11 heteroatoms. The largest absolute Gasteiger partial charge is 0.492 e. The molecule has 0 spiro atoms. The minimum Gasteiger partial charge on any atom is -0.492 e. The quantitative estimate of drug-likeness (QED) is 0.366. The third kappa shape index (κ3) is 7.04. The number of anilines is 1. The Labute approximate surface area is 228 Å². The predicted molar refractivity (Wildman–Crippen MR) is 145 cm³/mol. The number of halogens is 2. The first-order valence-electron chi connectivity index (χ1n) is 12.0. The number of aromatic nitrogens is 2. The van der Waals surface area contributed by atoms with Crippen LogP contribution in [0.15, 0.2) is 47.5 Å². The van der Waals surface area contributed by atoms with E-state index in [0.717, 1.165) is 31.5 Å². The number of hydrogen-bond donors (Lipinski definition) is 1. The van der Waals surface area contributed by atoms with Crippen molar-refractivity contribution in [3.8, 4) is 11.6 Å². The van der Waals surface area contributed by atoms with E-state index in [2.05, 4.69) is 26.6 Å². The fourth-order valence-electron chi connectivity index (χ4n) is 4.02. The molecule has 2 aromatic carbocycles. The summed E-state index contributed by atoms with van der Waals surface area (Å²) in [6.07, 6.45) is 3.65. The van der Waals surface area contributed by atoms with E-state index >= 15 is 0 Å². The number of aryl methyl sites for hydroxylation is 1. The fourth-order valence-corrected chi connectivity index (χ4v) is 5.70. The second kappa shape index (κ2) is 11.9. The monoisotopic (exact) mass is 564 g/mol. The highest BCUT2D eigenvalue weighted by atomic mass is 35.5. The maximum absolute atomic E-state index is 13.1. The van der Waals surface area contributed by atoms with Crippen LogP contribution in [0.3, 0.4) is 0 Å². The molecule has 1 N–H and O–H groups in total. The van der Waals surface area contributed by atoms with Crippen molar-refractivity contribution in [2.45, 2.75) is 38.2 Å². The molecule has 0 unspecified atom stereocenters. The summed E-state index contributed by atoms with van der Waals surface area (Å²) in [4.78, 5) is 10.9. The van der Waals surface area contributed by atoms with Crippen LogP contribution < -0.4 is 14.2 Å². The van der Waals surface area contributed by atoms with E-state index in [9.17, 15) is 8.42 Å². The molecule has 3 aromatic rings. The molecule has 1 aromatic heterocycles. The van der Waals surface area contributed by atoms with Crippen LogP contribution >= 0.6 is 23.2 Å². The molecule has 2 heterocycles. The molecule has 0 amide bonds. The number of ether oxygens (including phenoxy) is 2. The molecule has 37 heavy (non-hydrogen) atoms. The van der Waals surface area contributed by atoms with E-state index in [4.69, 9.17) is 32.7 Å². The van der Waals surface area contributed by atoms with Crippen molar-refractivity contribution in [2.24, 2.45) is 5.92 Å². The molecule has 0 atom stereocenters. The molecule has 1 fully saturated rings. The van der Waals surface area contributed by atoms with E-state index in [1.54, 1.807) is 32.0 Å². The van der Waals surface area contributed by atoms with Gasteiger partial charge in [-0.3, -0.25) is 4.72 Å². The lowest BCUT2D eigenvalue weighted by atomic mass is 9.98. The Hall–Kier alpha value is -2.59. The molecular formula is C26H30Cl2N4O4S. The molecule has 198 valence electrons. The maximum atomic E-state index is 13.1. The Kier molecular flexibility index (Phi) is 8.79. The van der Waals surface area contributed by atoms with Crippen LogP contribution in [-0.4, -0.2) is 50.0 Å². The zero-order valence-corrected chi connectivity index (χ0v) is 23.3. The first-order valence-corrected chi connectivity index (χ1v) is 14.2. The average Bonchev–Trinajstić information content (AvgIpc) is 2.86. The lowest BCUT2D eigenvalue weighted by Crippen LogP contribution is -2.32. The van der Waals surface area contributed by atoms with Crippen LogP contribution in [0.1, 0.15) is 29.7 Å². The Bertz CT molecular complexity index is 1360. The zero-order valence-electron chi connectivity index (χ0n) is 21.0. The van der Waals surface area contributed by atoms with Crippen LogP contribution in [0.5, 0.6) is 11.6 Å². The Balaban J connectivity index is 1.47. The standard InChI is InChI=1S/C26H30Cl2N4O4S/c1-17-14-29-25(31-37(33,34)24-6-4-5-21(27)18(24)2)26(30-17)36-16-20-7-8-22(28)23(13-20)35-15-19-9-11-32(3)12-10-19/h4-8,13-14,19H,9-12,15-16H2,1-3H3,(H,29,31). The smallest absolute Gasteiger partial charge is 0.263 e. The summed E-state index contributed by atoms with van der Waals surface area (Å²) in [5, 5.41) is 0.878. The second-order valence-electron chi connectivity index (χ2n) is 9.24. The normalized spacial score (nSPS) is 14.9. The maximum Gasteiger partial charge on any atom is 0.263 e. The van der Waals surface area contributed by atoms with Gasteiger partial charge in [-0.05, 0) is 88.1 Å². The van der Waals surface area contributed by atoms with Gasteiger partial charge in [0.1, 0.15) is 12.4 Å². The number of piperidine rings is 1. The molecule has 1 aliphatic rings. The minimum atomic E-state index is -3.98. The van der Waals surface area contributed by atoms with Crippen LogP contribution in [-0.2, 0) is 16.6 Å². The number of nitrogens with one attached hydrogen (secondary N) is 1. The number of nitrogens with zero attached hydrogens (tertiary/aromatic N) is 3. The zero-order chi connectivity index (χ0) is 26.6. The van der Waals surface area contributed by atoms with Gasteiger partial charge in [0.2, 0.25) is 5.82 Å². The fraction of sp³-hybridized carbons (Fsp3) is 0.385. The molecule has 0 bridgehead atoms. The van der Waals surface area contributed by atoms with E-state index in [-0.39, 0.29) is 23.2 Å². The highest BCUT2D eigenvalue weighted by Crippen LogP contribution is 2.30. The van der Waals surface area contributed by atoms with Gasteiger partial charge in [0.05, 0.1) is 28.4 Å². The molecule has 0 aliphatic carbocycles. The number of benzene rings is 2. The number of likely N-dealkylation sites (tertiary alicyclic amines) is 1. The van der Waals surface area contributed by atoms with Crippen LogP contribution in [0.4, 0.5) is 5.82 Å². The summed E-state index contributed by atoms with van der Waals surface area (Å²) < 4.78 is 40.6. The van der Waals surface area contributed by atoms with Gasteiger partial charge in [-0.15, -0.1) is 0 Å². The van der Waals surface area contributed by atoms with E-state index in [1.165, 1.54) is 12.3 Å². The van der Waals surface area contributed by atoms with Crippen molar-refractivity contribution in [3.05, 3.63) is 69.5 Å². The van der Waals surface area contributed by atoms with Crippen molar-refractivity contribution in [3.63, 3.8) is 0 Å². The van der Waals surface area contributed by atoms with Gasteiger partial charge in [0.25, 0.3) is 15.9 Å². The number of rotatable bonds is 9. The summed E-state index contributed by atoms with van der Waals surface area (Å²) in [5.74, 6) is 1.13. The first kappa shape index (κ1) is 27.4. The van der Waals surface area contributed by atoms with Crippen molar-refractivity contribution in [1.82, 2.24) is 14.9 Å². The van der Waals surface area contributed by atoms with E-state index in [0.29, 0.717) is 39.6 Å². The second-order valence-corrected chi connectivity index (χ2v) is 11.7. The van der Waals surface area contributed by atoms with Crippen molar-refractivity contribution in [1.29, 1.82) is 0 Å². The molecule has 0 saturated carbocycles. The van der Waals surface area contributed by atoms with Gasteiger partial charge in [-0.1, -0.05) is 35.3 Å². The first-order chi connectivity index (χ1) is 17.6. The molecule has 1 aliphatic heterocycles. The average molecular weight is 566 g/mol. The summed E-state index contributed by atoms with van der Waals surface area (Å²) in [5.41, 5.74) is 1.81. The van der Waals surface area contributed by atoms with Gasteiger partial charge in [0.15, 0.2) is 0 Å². The van der Waals surface area contributed by atoms with E-state index < -0.39 is 10.0 Å². The van der Waals surface area contributed by atoms with Gasteiger partial charge < -0.3 is 14.4 Å². The van der Waals surface area contributed by atoms with Crippen molar-refractivity contribution < 1.29 is 17.9 Å². The molecule has 8 nitrogen and oxygen atoms in total. The van der Waals surface area contributed by atoms with Crippen molar-refractivity contribution >= 4 is 39.0 Å². The number of sulfonamides is 1. The summed E-state index contributed by atoms with van der Waals surface area (Å²) in [6, 6.07) is 10.1. The van der Waals surface area contributed by atoms with E-state index in [1.807, 2.05) is 12.1 Å². The highest BCUT2D eigenvalue weighted by molar-refractivity contribution is 7.92. The van der Waals surface area contributed by atoms with Gasteiger partial charge >= 0.3 is 0 Å².